The lowest BCUT2D eigenvalue weighted by Gasteiger charge is -2.14. The van der Waals surface area contributed by atoms with Crippen LogP contribution in [0.3, 0.4) is 0 Å². The first-order valence-electron chi connectivity index (χ1n) is 12.2. The molecule has 0 radical (unpaired) electrons. The summed E-state index contributed by atoms with van der Waals surface area (Å²) in [4.78, 5) is 26.1. The molecule has 7 heterocycles. The highest BCUT2D eigenvalue weighted by atomic mass is 32.1. The monoisotopic (exact) mass is 510 g/mol. The number of pyridine rings is 3. The Hall–Kier alpha value is -4.02. The number of aromatic amines is 2. The van der Waals surface area contributed by atoms with Crippen molar-refractivity contribution in [2.24, 2.45) is 0 Å². The minimum Gasteiger partial charge on any atom is -0.336 e. The molecule has 6 aromatic heterocycles. The van der Waals surface area contributed by atoms with Crippen LogP contribution in [-0.2, 0) is 6.54 Å². The number of fused-ring (bicyclic) bond motifs is 2. The Morgan fingerprint density at radius 2 is 1.89 bits per heavy atom. The van der Waals surface area contributed by atoms with Gasteiger partial charge in [-0.2, -0.15) is 5.10 Å². The van der Waals surface area contributed by atoms with E-state index in [9.17, 15) is 0 Å². The molecule has 1 aliphatic rings. The Labute approximate surface area is 215 Å². The number of rotatable bonds is 5. The molecule has 0 bridgehead atoms. The number of hydrogen-bond donors (Lipinski definition) is 2. The molecule has 0 saturated carbocycles. The van der Waals surface area contributed by atoms with Crippen molar-refractivity contribution in [3.05, 3.63) is 65.3 Å². The van der Waals surface area contributed by atoms with E-state index in [0.29, 0.717) is 28.0 Å². The summed E-state index contributed by atoms with van der Waals surface area (Å²) >= 11 is 1.66. The summed E-state index contributed by atoms with van der Waals surface area (Å²) in [7, 11) is 0. The maximum atomic E-state index is 16.1. The van der Waals surface area contributed by atoms with E-state index in [-0.39, 0.29) is 5.69 Å². The van der Waals surface area contributed by atoms with Crippen LogP contribution in [0.5, 0.6) is 0 Å². The molecule has 0 amide bonds. The van der Waals surface area contributed by atoms with Crippen LogP contribution in [-0.4, -0.2) is 53.1 Å². The van der Waals surface area contributed by atoms with E-state index in [1.807, 2.05) is 24.4 Å². The molecule has 2 N–H and O–H groups in total. The standard InChI is InChI=1S/C27H23FN8S/c1-15-4-5-20(37-15)25-24-18(6-7-30-25)32-27(33-24)26-21-19(34-35-26)13-31-23(22(21)28)17-10-16(11-29-12-17)14-36-8-2-3-9-36/h4-7,10-13H,2-3,8-9,14H2,1H3,(H,32,33)(H,34,35). The Morgan fingerprint density at radius 1 is 1.00 bits per heavy atom. The van der Waals surface area contributed by atoms with Gasteiger partial charge in [0.1, 0.15) is 22.6 Å². The van der Waals surface area contributed by atoms with Crippen LogP contribution in [0.15, 0.2) is 49.1 Å². The smallest absolute Gasteiger partial charge is 0.161 e. The summed E-state index contributed by atoms with van der Waals surface area (Å²) in [6, 6.07) is 7.95. The summed E-state index contributed by atoms with van der Waals surface area (Å²) in [5.41, 5.74) is 5.19. The Bertz CT molecular complexity index is 1760. The molecule has 0 aromatic carbocycles. The number of likely N-dealkylation sites (tertiary alicyclic amines) is 1. The highest BCUT2D eigenvalue weighted by Crippen LogP contribution is 2.35. The predicted molar refractivity (Wildman–Crippen MR) is 143 cm³/mol. The van der Waals surface area contributed by atoms with Gasteiger partial charge in [-0.05, 0) is 62.7 Å². The average molecular weight is 511 g/mol. The van der Waals surface area contributed by atoms with Crippen molar-refractivity contribution in [2.75, 3.05) is 13.1 Å². The lowest BCUT2D eigenvalue weighted by molar-refractivity contribution is 0.331. The first-order chi connectivity index (χ1) is 18.1. The van der Waals surface area contributed by atoms with E-state index in [0.717, 1.165) is 46.8 Å². The van der Waals surface area contributed by atoms with Crippen molar-refractivity contribution in [1.82, 2.24) is 40.0 Å². The van der Waals surface area contributed by atoms with Crippen molar-refractivity contribution < 1.29 is 4.39 Å². The van der Waals surface area contributed by atoms with E-state index < -0.39 is 5.82 Å². The fraction of sp³-hybridized carbons (Fsp3) is 0.222. The van der Waals surface area contributed by atoms with E-state index in [1.165, 1.54) is 17.7 Å². The van der Waals surface area contributed by atoms with Gasteiger partial charge >= 0.3 is 0 Å². The first kappa shape index (κ1) is 22.2. The van der Waals surface area contributed by atoms with Gasteiger partial charge in [0, 0.05) is 35.6 Å². The number of nitrogens with zero attached hydrogens (tertiary/aromatic N) is 6. The largest absolute Gasteiger partial charge is 0.336 e. The Morgan fingerprint density at radius 3 is 2.73 bits per heavy atom. The maximum Gasteiger partial charge on any atom is 0.161 e. The predicted octanol–water partition coefficient (Wildman–Crippen LogP) is 5.73. The van der Waals surface area contributed by atoms with Gasteiger partial charge in [0.05, 0.1) is 27.5 Å². The zero-order chi connectivity index (χ0) is 24.9. The van der Waals surface area contributed by atoms with Crippen LogP contribution >= 0.6 is 11.3 Å². The van der Waals surface area contributed by atoms with E-state index in [4.69, 9.17) is 4.98 Å². The Balaban J connectivity index is 1.31. The fourth-order valence-electron chi connectivity index (χ4n) is 5.04. The molecule has 6 aromatic rings. The van der Waals surface area contributed by atoms with Gasteiger partial charge in [-0.1, -0.05) is 0 Å². The summed E-state index contributed by atoms with van der Waals surface area (Å²) < 4.78 is 16.1. The van der Waals surface area contributed by atoms with Crippen LogP contribution in [0.1, 0.15) is 23.3 Å². The molecular formula is C27H23FN8S. The molecule has 37 heavy (non-hydrogen) atoms. The first-order valence-corrected chi connectivity index (χ1v) is 13.1. The molecule has 10 heteroatoms. The third-order valence-corrected chi connectivity index (χ3v) is 7.82. The number of aryl methyl sites for hydroxylation is 1. The quantitative estimate of drug-likeness (QED) is 0.307. The van der Waals surface area contributed by atoms with E-state index in [2.05, 4.69) is 48.0 Å². The second-order valence-corrected chi connectivity index (χ2v) is 10.7. The highest BCUT2D eigenvalue weighted by Gasteiger charge is 2.22. The molecule has 0 unspecified atom stereocenters. The third kappa shape index (κ3) is 3.89. The van der Waals surface area contributed by atoms with Crippen LogP contribution in [0.25, 0.3) is 55.3 Å². The number of aromatic nitrogens is 7. The molecule has 8 nitrogen and oxygen atoms in total. The van der Waals surface area contributed by atoms with Gasteiger partial charge in [-0.25, -0.2) is 9.37 Å². The molecule has 184 valence electrons. The molecule has 0 aliphatic carbocycles. The second-order valence-electron chi connectivity index (χ2n) is 9.40. The lowest BCUT2D eigenvalue weighted by atomic mass is 10.1. The third-order valence-electron chi connectivity index (χ3n) is 6.82. The highest BCUT2D eigenvalue weighted by molar-refractivity contribution is 7.15. The summed E-state index contributed by atoms with van der Waals surface area (Å²) in [6.07, 6.45) is 9.30. The number of imidazole rings is 1. The van der Waals surface area contributed by atoms with Crippen LogP contribution in [0.4, 0.5) is 4.39 Å². The van der Waals surface area contributed by atoms with Crippen molar-refractivity contribution in [3.8, 4) is 33.3 Å². The zero-order valence-electron chi connectivity index (χ0n) is 20.1. The van der Waals surface area contributed by atoms with Gasteiger partial charge in [-0.3, -0.25) is 25.0 Å². The van der Waals surface area contributed by atoms with Gasteiger partial charge in [0.15, 0.2) is 11.6 Å². The SMILES string of the molecule is Cc1ccc(-c2nccc3[nH]c(-c4n[nH]c5cnc(-c6cncc(CN7CCCC7)c6)c(F)c45)nc23)s1. The average Bonchev–Trinajstić information content (AvgIpc) is 3.70. The molecule has 1 saturated heterocycles. The van der Waals surface area contributed by atoms with Crippen LogP contribution < -0.4 is 0 Å². The maximum absolute atomic E-state index is 16.1. The van der Waals surface area contributed by atoms with Gasteiger partial charge < -0.3 is 4.98 Å². The van der Waals surface area contributed by atoms with Gasteiger partial charge in [0.25, 0.3) is 0 Å². The van der Waals surface area contributed by atoms with Crippen molar-refractivity contribution in [2.45, 2.75) is 26.3 Å². The second kappa shape index (κ2) is 8.82. The van der Waals surface area contributed by atoms with E-state index >= 15 is 4.39 Å². The minimum absolute atomic E-state index is 0.249. The molecule has 0 spiro atoms. The number of nitrogens with one attached hydrogen (secondary N) is 2. The van der Waals surface area contributed by atoms with E-state index in [1.54, 1.807) is 29.9 Å². The number of H-pyrrole nitrogens is 2. The number of halogens is 1. The van der Waals surface area contributed by atoms with Crippen LogP contribution in [0.2, 0.25) is 0 Å². The number of hydrogen-bond acceptors (Lipinski definition) is 7. The van der Waals surface area contributed by atoms with Crippen molar-refractivity contribution in [3.63, 3.8) is 0 Å². The molecular weight excluding hydrogens is 487 g/mol. The van der Waals surface area contributed by atoms with Crippen LogP contribution in [0, 0.1) is 12.7 Å². The van der Waals surface area contributed by atoms with Gasteiger partial charge in [-0.15, -0.1) is 11.3 Å². The normalized spacial score (nSPS) is 14.3. The van der Waals surface area contributed by atoms with Gasteiger partial charge in [0.2, 0.25) is 0 Å². The Kier molecular flexibility index (Phi) is 5.29. The molecule has 1 fully saturated rings. The fourth-order valence-corrected chi connectivity index (χ4v) is 5.91. The minimum atomic E-state index is -0.450. The summed E-state index contributed by atoms with van der Waals surface area (Å²) in [6.45, 7) is 5.04. The molecule has 1 aliphatic heterocycles. The molecule has 0 atom stereocenters. The van der Waals surface area contributed by atoms with Crippen molar-refractivity contribution in [1.29, 1.82) is 0 Å². The zero-order valence-corrected chi connectivity index (χ0v) is 20.9. The topological polar surface area (TPSA) is 99.3 Å². The molecule has 7 rings (SSSR count). The van der Waals surface area contributed by atoms with Crippen molar-refractivity contribution >= 4 is 33.3 Å². The number of thiophene rings is 1. The summed E-state index contributed by atoms with van der Waals surface area (Å²) in [5, 5.41) is 7.66. The lowest BCUT2D eigenvalue weighted by Crippen LogP contribution is -2.18. The summed E-state index contributed by atoms with van der Waals surface area (Å²) in [5.74, 6) is 0.0230.